The summed E-state index contributed by atoms with van der Waals surface area (Å²) in [6, 6.07) is -3.10. The third-order valence-electron chi connectivity index (χ3n) is 12.9. The zero-order valence-electron chi connectivity index (χ0n) is 47.2. The van der Waals surface area contributed by atoms with Gasteiger partial charge in [0.25, 0.3) is 0 Å². The number of aliphatic carboxylic acids is 4. The monoisotopic (exact) mass is 1160 g/mol. The number of amides is 4. The van der Waals surface area contributed by atoms with Gasteiger partial charge in [0.05, 0.1) is 45.0 Å². The molecule has 0 bridgehead atoms. The van der Waals surface area contributed by atoms with Crippen LogP contribution in [-0.4, -0.2) is 188 Å². The molecule has 81 heavy (non-hydrogen) atoms. The van der Waals surface area contributed by atoms with Crippen LogP contribution in [0.2, 0.25) is 0 Å². The van der Waals surface area contributed by atoms with E-state index in [1.54, 1.807) is 7.05 Å². The molecule has 0 saturated carbocycles. The number of hydrogen-bond donors (Lipinski definition) is 10. The van der Waals surface area contributed by atoms with Crippen molar-refractivity contribution in [3.05, 3.63) is 0 Å². The zero-order valence-corrected chi connectivity index (χ0v) is 47.2. The van der Waals surface area contributed by atoms with Gasteiger partial charge in [0.15, 0.2) is 11.6 Å². The number of likely N-dealkylation sites (N-methyl/N-ethyl adjacent to an activating group) is 1. The SMILES string of the molecule is C.CN[C@@H](CCCCNC(=O)CC[C@H](CC(=O)CC[C@H](NC(=O)COCCOCCCC(=O)COCCOCCNC(=O)CC[C@H](NC(=O)CCCCCCCCCCCCCCCCC(=O)O)C(=O)O)C(=O)O)C(=O)O)C(=O)CO. The maximum atomic E-state index is 12.6. The summed E-state index contributed by atoms with van der Waals surface area (Å²) in [5.74, 6) is -8.76. The van der Waals surface area contributed by atoms with E-state index in [0.29, 0.717) is 38.6 Å². The van der Waals surface area contributed by atoms with Crippen LogP contribution in [0.25, 0.3) is 0 Å². The van der Waals surface area contributed by atoms with Crippen LogP contribution in [0.4, 0.5) is 0 Å². The van der Waals surface area contributed by atoms with Crippen molar-refractivity contribution < 1.29 is 97.2 Å². The van der Waals surface area contributed by atoms with E-state index in [9.17, 15) is 68.1 Å². The van der Waals surface area contributed by atoms with Crippen molar-refractivity contribution in [1.29, 1.82) is 0 Å². The molecule has 0 saturated heterocycles. The Morgan fingerprint density at radius 1 is 0.395 bits per heavy atom. The molecule has 0 heterocycles. The molecule has 0 spiro atoms. The molecular formula is C56H99N5O20. The topological polar surface area (TPSA) is 386 Å². The van der Waals surface area contributed by atoms with E-state index < -0.39 is 85.2 Å². The molecule has 4 atom stereocenters. The molecule has 0 unspecified atom stereocenters. The van der Waals surface area contributed by atoms with Crippen LogP contribution >= 0.6 is 0 Å². The number of aliphatic hydroxyl groups is 1. The fourth-order valence-corrected chi connectivity index (χ4v) is 8.23. The Labute approximate surface area is 478 Å². The van der Waals surface area contributed by atoms with Crippen LogP contribution in [0, 0.1) is 5.92 Å². The lowest BCUT2D eigenvalue weighted by molar-refractivity contribution is -0.145. The number of carbonyl (C=O) groups is 11. The molecular weight excluding hydrogens is 1060 g/mol. The first kappa shape index (κ1) is 77.6. The van der Waals surface area contributed by atoms with E-state index in [4.69, 9.17) is 29.2 Å². The Bertz CT molecular complexity index is 1800. The summed E-state index contributed by atoms with van der Waals surface area (Å²) in [7, 11) is 1.61. The predicted molar refractivity (Wildman–Crippen MR) is 298 cm³/mol. The van der Waals surface area contributed by atoms with Gasteiger partial charge in [0.2, 0.25) is 23.6 Å². The molecule has 25 heteroatoms. The highest BCUT2D eigenvalue weighted by Gasteiger charge is 2.26. The van der Waals surface area contributed by atoms with Crippen molar-refractivity contribution in [1.82, 2.24) is 26.6 Å². The molecule has 468 valence electrons. The summed E-state index contributed by atoms with van der Waals surface area (Å²) in [6.45, 7) is -0.00390. The molecule has 0 rings (SSSR count). The van der Waals surface area contributed by atoms with Gasteiger partial charge in [-0.1, -0.05) is 84.5 Å². The summed E-state index contributed by atoms with van der Waals surface area (Å²) in [6.07, 6.45) is 16.0. The Morgan fingerprint density at radius 3 is 1.41 bits per heavy atom. The molecule has 4 amide bonds. The highest BCUT2D eigenvalue weighted by molar-refractivity contribution is 5.87. The van der Waals surface area contributed by atoms with Gasteiger partial charge < -0.3 is 71.1 Å². The number of hydrogen-bond acceptors (Lipinski definition) is 17. The Balaban J connectivity index is 0. The molecule has 25 nitrogen and oxygen atoms in total. The minimum Gasteiger partial charge on any atom is -0.481 e. The lowest BCUT2D eigenvalue weighted by atomic mass is 9.94. The van der Waals surface area contributed by atoms with Gasteiger partial charge in [-0.05, 0) is 64.8 Å². The van der Waals surface area contributed by atoms with Gasteiger partial charge >= 0.3 is 23.9 Å². The fourth-order valence-electron chi connectivity index (χ4n) is 8.23. The number of nitrogens with one attached hydrogen (secondary N) is 5. The molecule has 10 N–H and O–H groups in total. The first-order valence-corrected chi connectivity index (χ1v) is 28.6. The third-order valence-corrected chi connectivity index (χ3v) is 12.9. The van der Waals surface area contributed by atoms with Crippen LogP contribution in [0.5, 0.6) is 0 Å². The van der Waals surface area contributed by atoms with Gasteiger partial charge in [-0.25, -0.2) is 9.59 Å². The quantitative estimate of drug-likeness (QED) is 0.0384. The van der Waals surface area contributed by atoms with Crippen LogP contribution in [-0.2, 0) is 71.7 Å². The molecule has 0 aliphatic carbocycles. The maximum absolute atomic E-state index is 12.6. The smallest absolute Gasteiger partial charge is 0.326 e. The van der Waals surface area contributed by atoms with Crippen molar-refractivity contribution in [2.24, 2.45) is 5.92 Å². The average Bonchev–Trinajstić information content (AvgIpc) is 3.41. The van der Waals surface area contributed by atoms with E-state index in [1.165, 1.54) is 32.1 Å². The van der Waals surface area contributed by atoms with Gasteiger partial charge in [-0.2, -0.15) is 0 Å². The van der Waals surface area contributed by atoms with Crippen molar-refractivity contribution >= 4 is 64.9 Å². The standard InChI is InChI=1S/C55H95N5O20.CH4/c1-56-44(47(64)38-61)20-16-17-29-57-48(65)27-23-41(53(71)72)37-42(62)24-25-45(54(73)74)60-51(68)40-80-36-33-77-31-18-19-43(63)39-79-35-34-78-32-30-58-49(66)28-26-46(55(75)76)59-50(67)21-14-12-10-8-6-4-2-3-5-7-9-11-13-15-22-52(69)70;/h41,44-46,56,61H,2-40H2,1H3,(H,57,65)(H,58,66)(H,59,67)(H,60,68)(H,69,70)(H,71,72)(H,73,74)(H,75,76);1H4/t41-,44+,45+,46+;/m1./s1. The van der Waals surface area contributed by atoms with E-state index in [1.807, 2.05) is 0 Å². The van der Waals surface area contributed by atoms with Gasteiger partial charge in [-0.15, -0.1) is 0 Å². The summed E-state index contributed by atoms with van der Waals surface area (Å²) < 4.78 is 21.4. The number of ketones is 3. The number of unbranched alkanes of at least 4 members (excludes halogenated alkanes) is 14. The van der Waals surface area contributed by atoms with E-state index in [-0.39, 0.29) is 141 Å². The van der Waals surface area contributed by atoms with Crippen molar-refractivity contribution in [2.75, 3.05) is 79.6 Å². The number of aliphatic hydroxyl groups excluding tert-OH is 1. The summed E-state index contributed by atoms with van der Waals surface area (Å²) in [4.78, 5) is 131. The Hall–Kier alpha value is -5.47. The molecule has 0 aromatic rings. The number of Topliss-reactive ketones (excluding diaryl/α,β-unsaturated/α-hetero) is 3. The number of rotatable bonds is 58. The van der Waals surface area contributed by atoms with Crippen LogP contribution < -0.4 is 26.6 Å². The highest BCUT2D eigenvalue weighted by atomic mass is 16.5. The lowest BCUT2D eigenvalue weighted by Crippen LogP contribution is -2.42. The largest absolute Gasteiger partial charge is 0.481 e. The summed E-state index contributed by atoms with van der Waals surface area (Å²) >= 11 is 0. The predicted octanol–water partition coefficient (Wildman–Crippen LogP) is 4.06. The normalized spacial score (nSPS) is 12.5. The molecule has 0 aromatic carbocycles. The second-order valence-corrected chi connectivity index (χ2v) is 19.8. The van der Waals surface area contributed by atoms with Gasteiger partial charge in [0.1, 0.15) is 37.7 Å². The molecule has 0 radical (unpaired) electrons. The molecule has 0 aromatic heterocycles. The van der Waals surface area contributed by atoms with E-state index in [0.717, 1.165) is 51.4 Å². The first-order chi connectivity index (χ1) is 38.4. The second-order valence-electron chi connectivity index (χ2n) is 19.8. The van der Waals surface area contributed by atoms with Crippen molar-refractivity contribution in [2.45, 2.75) is 205 Å². The Kier molecular flexibility index (Phi) is 50.4. The number of ether oxygens (including phenoxy) is 4. The fraction of sp³-hybridized carbons (Fsp3) is 0.804. The number of carboxylic acid groups (broad SMARTS) is 4. The van der Waals surface area contributed by atoms with Crippen LogP contribution in [0.1, 0.15) is 187 Å². The summed E-state index contributed by atoms with van der Waals surface area (Å²) in [5.41, 5.74) is 0. The van der Waals surface area contributed by atoms with E-state index >= 15 is 0 Å². The minimum atomic E-state index is -1.44. The van der Waals surface area contributed by atoms with Crippen LogP contribution in [0.15, 0.2) is 0 Å². The number of carbonyl (C=O) groups excluding carboxylic acids is 7. The van der Waals surface area contributed by atoms with Crippen molar-refractivity contribution in [3.8, 4) is 0 Å². The molecule has 0 aliphatic heterocycles. The summed E-state index contributed by atoms with van der Waals surface area (Å²) in [5, 5.41) is 59.3. The molecule has 0 aliphatic rings. The van der Waals surface area contributed by atoms with E-state index in [2.05, 4.69) is 26.6 Å². The maximum Gasteiger partial charge on any atom is 0.326 e. The lowest BCUT2D eigenvalue weighted by Gasteiger charge is -2.16. The van der Waals surface area contributed by atoms with Gasteiger partial charge in [-0.3, -0.25) is 43.2 Å². The molecule has 0 fully saturated rings. The third kappa shape index (κ3) is 47.8. The highest BCUT2D eigenvalue weighted by Crippen LogP contribution is 2.17. The number of carboxylic acids is 4. The Morgan fingerprint density at radius 2 is 0.877 bits per heavy atom. The van der Waals surface area contributed by atoms with Gasteiger partial charge in [0, 0.05) is 64.6 Å². The zero-order chi connectivity index (χ0) is 59.6. The average molecular weight is 1160 g/mol. The van der Waals surface area contributed by atoms with Crippen molar-refractivity contribution in [3.63, 3.8) is 0 Å². The second kappa shape index (κ2) is 52.6. The minimum absolute atomic E-state index is 0. The first-order valence-electron chi connectivity index (χ1n) is 28.6. The van der Waals surface area contributed by atoms with Crippen LogP contribution in [0.3, 0.4) is 0 Å².